The maximum Gasteiger partial charge on any atom is 0.307 e. The molecule has 2 N–H and O–H groups in total. The van der Waals surface area contributed by atoms with Gasteiger partial charge < -0.3 is 14.8 Å². The number of rotatable bonds is 4. The van der Waals surface area contributed by atoms with Gasteiger partial charge in [-0.2, -0.15) is 0 Å². The summed E-state index contributed by atoms with van der Waals surface area (Å²) in [7, 11) is 0. The highest BCUT2D eigenvalue weighted by molar-refractivity contribution is 9.10. The molecule has 0 unspecified atom stereocenters. The fourth-order valence-electron chi connectivity index (χ4n) is 1.94. The van der Waals surface area contributed by atoms with Crippen LogP contribution in [0.4, 0.5) is 0 Å². The van der Waals surface area contributed by atoms with Crippen LogP contribution in [0.25, 0.3) is 10.9 Å². The molecule has 90 valence electrons. The second-order valence-corrected chi connectivity index (χ2v) is 4.72. The highest BCUT2D eigenvalue weighted by Crippen LogP contribution is 2.25. The molecule has 0 aliphatic heterocycles. The average Bonchev–Trinajstić information content (AvgIpc) is 2.56. The summed E-state index contributed by atoms with van der Waals surface area (Å²) in [6.45, 7) is 0.495. The molecule has 5 heteroatoms. The summed E-state index contributed by atoms with van der Waals surface area (Å²) in [4.78, 5) is 10.8. The molecule has 0 atom stereocenters. The summed E-state index contributed by atoms with van der Waals surface area (Å²) >= 11 is 3.39. The maximum absolute atomic E-state index is 10.8. The number of halogens is 1. The highest BCUT2D eigenvalue weighted by atomic mass is 79.9. The molecular weight excluding hydrogens is 286 g/mol. The molecule has 4 nitrogen and oxygen atoms in total. The zero-order valence-corrected chi connectivity index (χ0v) is 10.6. The number of hydrogen-bond donors (Lipinski definition) is 2. The molecule has 0 spiro atoms. The largest absolute Gasteiger partial charge is 0.481 e. The summed E-state index contributed by atoms with van der Waals surface area (Å²) in [5.41, 5.74) is 1.71. The first-order valence-electron chi connectivity index (χ1n) is 5.21. The van der Waals surface area contributed by atoms with E-state index in [0.29, 0.717) is 6.54 Å². The molecule has 2 rings (SSSR count). The predicted octanol–water partition coefficient (Wildman–Crippen LogP) is 2.02. The quantitative estimate of drug-likeness (QED) is 0.908. The number of benzene rings is 1. The third-order valence-corrected chi connectivity index (χ3v) is 3.10. The van der Waals surface area contributed by atoms with E-state index in [1.807, 2.05) is 22.8 Å². The fourth-order valence-corrected chi connectivity index (χ4v) is 2.29. The standard InChI is InChI=1S/C12H12BrNO3/c13-9-1-2-10-8(5-12(16)17)7-14(3-4-15)11(10)6-9/h1-2,6-7,15H,3-5H2,(H,16,17). The minimum Gasteiger partial charge on any atom is -0.481 e. The van der Waals surface area contributed by atoms with Crippen molar-refractivity contribution >= 4 is 32.8 Å². The van der Waals surface area contributed by atoms with Crippen molar-refractivity contribution in [2.45, 2.75) is 13.0 Å². The number of carbonyl (C=O) groups is 1. The lowest BCUT2D eigenvalue weighted by atomic mass is 10.1. The number of fused-ring (bicyclic) bond motifs is 1. The van der Waals surface area contributed by atoms with Gasteiger partial charge in [0.2, 0.25) is 0 Å². The third kappa shape index (κ3) is 2.50. The van der Waals surface area contributed by atoms with E-state index in [1.165, 1.54) is 0 Å². The van der Waals surface area contributed by atoms with Gasteiger partial charge in [-0.1, -0.05) is 22.0 Å². The summed E-state index contributed by atoms with van der Waals surface area (Å²) in [6, 6.07) is 5.71. The van der Waals surface area contributed by atoms with Gasteiger partial charge in [0.05, 0.1) is 13.0 Å². The minimum absolute atomic E-state index is 0.00341. The Morgan fingerprint density at radius 2 is 2.18 bits per heavy atom. The van der Waals surface area contributed by atoms with Crippen LogP contribution in [-0.2, 0) is 17.8 Å². The van der Waals surface area contributed by atoms with Gasteiger partial charge in [-0.25, -0.2) is 0 Å². The molecule has 0 amide bonds. The Morgan fingerprint density at radius 3 is 2.82 bits per heavy atom. The maximum atomic E-state index is 10.8. The van der Waals surface area contributed by atoms with Gasteiger partial charge in [0.1, 0.15) is 0 Å². The molecule has 1 heterocycles. The van der Waals surface area contributed by atoms with Crippen molar-refractivity contribution in [3.8, 4) is 0 Å². The number of aliphatic hydroxyl groups excluding tert-OH is 1. The first kappa shape index (κ1) is 12.1. The van der Waals surface area contributed by atoms with Crippen LogP contribution in [0.1, 0.15) is 5.56 Å². The van der Waals surface area contributed by atoms with E-state index in [2.05, 4.69) is 15.9 Å². The Bertz CT molecular complexity index is 562. The Labute approximate surface area is 107 Å². The van der Waals surface area contributed by atoms with Crippen molar-refractivity contribution in [3.63, 3.8) is 0 Å². The summed E-state index contributed by atoms with van der Waals surface area (Å²) in [5, 5.41) is 18.8. The van der Waals surface area contributed by atoms with E-state index in [-0.39, 0.29) is 13.0 Å². The summed E-state index contributed by atoms with van der Waals surface area (Å²) in [6.07, 6.45) is 1.79. The van der Waals surface area contributed by atoms with Crippen LogP contribution in [0.15, 0.2) is 28.9 Å². The third-order valence-electron chi connectivity index (χ3n) is 2.61. The second-order valence-electron chi connectivity index (χ2n) is 3.80. The SMILES string of the molecule is O=C(O)Cc1cn(CCO)c2cc(Br)ccc12. The van der Waals surface area contributed by atoms with Crippen molar-refractivity contribution in [2.75, 3.05) is 6.61 Å². The van der Waals surface area contributed by atoms with Gasteiger partial charge in [0.15, 0.2) is 0 Å². The number of aliphatic hydroxyl groups is 1. The van der Waals surface area contributed by atoms with E-state index in [9.17, 15) is 4.79 Å². The lowest BCUT2D eigenvalue weighted by molar-refractivity contribution is -0.136. The van der Waals surface area contributed by atoms with Crippen molar-refractivity contribution in [2.24, 2.45) is 0 Å². The van der Waals surface area contributed by atoms with Crippen molar-refractivity contribution in [3.05, 3.63) is 34.4 Å². The number of nitrogens with zero attached hydrogens (tertiary/aromatic N) is 1. The molecule has 0 aliphatic rings. The Morgan fingerprint density at radius 1 is 1.41 bits per heavy atom. The molecule has 1 aromatic heterocycles. The lowest BCUT2D eigenvalue weighted by Crippen LogP contribution is -2.01. The van der Waals surface area contributed by atoms with Gasteiger partial charge >= 0.3 is 5.97 Å². The van der Waals surface area contributed by atoms with Crippen LogP contribution < -0.4 is 0 Å². The second kappa shape index (κ2) is 4.89. The minimum atomic E-state index is -0.851. The van der Waals surface area contributed by atoms with Gasteiger partial charge in [0, 0.05) is 28.1 Å². The van der Waals surface area contributed by atoms with Gasteiger partial charge in [-0.3, -0.25) is 4.79 Å². The molecule has 0 saturated carbocycles. The van der Waals surface area contributed by atoms with Crippen LogP contribution in [0.2, 0.25) is 0 Å². The zero-order chi connectivity index (χ0) is 12.4. The molecule has 2 aromatic rings. The van der Waals surface area contributed by atoms with Gasteiger partial charge in [0.25, 0.3) is 0 Å². The molecule has 17 heavy (non-hydrogen) atoms. The number of aromatic nitrogens is 1. The number of carboxylic acid groups (broad SMARTS) is 1. The lowest BCUT2D eigenvalue weighted by Gasteiger charge is -2.01. The number of hydrogen-bond acceptors (Lipinski definition) is 2. The van der Waals surface area contributed by atoms with Crippen LogP contribution >= 0.6 is 15.9 Å². The predicted molar refractivity (Wildman–Crippen MR) is 68.1 cm³/mol. The smallest absolute Gasteiger partial charge is 0.307 e. The molecule has 0 aliphatic carbocycles. The summed E-state index contributed by atoms with van der Waals surface area (Å²) < 4.78 is 2.81. The Hall–Kier alpha value is -1.33. The van der Waals surface area contributed by atoms with Crippen molar-refractivity contribution < 1.29 is 15.0 Å². The number of aliphatic carboxylic acids is 1. The monoisotopic (exact) mass is 297 g/mol. The van der Waals surface area contributed by atoms with Crippen LogP contribution in [-0.4, -0.2) is 27.4 Å². The molecule has 0 radical (unpaired) electrons. The van der Waals surface area contributed by atoms with Crippen LogP contribution in [0, 0.1) is 0 Å². The normalized spacial score (nSPS) is 10.9. The molecule has 0 bridgehead atoms. The van der Waals surface area contributed by atoms with Crippen molar-refractivity contribution in [1.29, 1.82) is 0 Å². The average molecular weight is 298 g/mol. The number of carboxylic acids is 1. The Balaban J connectivity index is 2.57. The van der Waals surface area contributed by atoms with E-state index < -0.39 is 5.97 Å². The topological polar surface area (TPSA) is 62.5 Å². The molecular formula is C12H12BrNO3. The molecule has 1 aromatic carbocycles. The van der Waals surface area contributed by atoms with E-state index in [4.69, 9.17) is 10.2 Å². The van der Waals surface area contributed by atoms with E-state index in [1.54, 1.807) is 6.20 Å². The van der Waals surface area contributed by atoms with Gasteiger partial charge in [-0.05, 0) is 17.7 Å². The summed E-state index contributed by atoms with van der Waals surface area (Å²) in [5.74, 6) is -0.851. The van der Waals surface area contributed by atoms with E-state index >= 15 is 0 Å². The van der Waals surface area contributed by atoms with Crippen molar-refractivity contribution in [1.82, 2.24) is 4.57 Å². The zero-order valence-electron chi connectivity index (χ0n) is 9.06. The first-order chi connectivity index (χ1) is 8.11. The Kier molecular flexibility index (Phi) is 3.49. The van der Waals surface area contributed by atoms with Crippen LogP contribution in [0.3, 0.4) is 0 Å². The highest BCUT2D eigenvalue weighted by Gasteiger charge is 2.11. The molecule has 0 saturated heterocycles. The van der Waals surface area contributed by atoms with E-state index in [0.717, 1.165) is 20.9 Å². The fraction of sp³-hybridized carbons (Fsp3) is 0.250. The molecule has 0 fully saturated rings. The van der Waals surface area contributed by atoms with Gasteiger partial charge in [-0.15, -0.1) is 0 Å². The van der Waals surface area contributed by atoms with Crippen LogP contribution in [0.5, 0.6) is 0 Å². The first-order valence-corrected chi connectivity index (χ1v) is 6.01.